The van der Waals surface area contributed by atoms with E-state index in [1.165, 1.54) is 12.1 Å². The lowest BCUT2D eigenvalue weighted by atomic mass is 10.0. The molecule has 1 saturated heterocycles. The van der Waals surface area contributed by atoms with Crippen LogP contribution in [0.5, 0.6) is 0 Å². The summed E-state index contributed by atoms with van der Waals surface area (Å²) in [5, 5.41) is 0. The lowest BCUT2D eigenvalue weighted by Gasteiger charge is -2.44. The van der Waals surface area contributed by atoms with Gasteiger partial charge < -0.3 is 19.6 Å². The van der Waals surface area contributed by atoms with Gasteiger partial charge in [0.1, 0.15) is 17.8 Å². The van der Waals surface area contributed by atoms with E-state index in [1.54, 1.807) is 23.5 Å². The topological polar surface area (TPSA) is 55.8 Å². The summed E-state index contributed by atoms with van der Waals surface area (Å²) >= 11 is 0. The Labute approximate surface area is 189 Å². The maximum Gasteiger partial charge on any atom is 0.256 e. The van der Waals surface area contributed by atoms with Gasteiger partial charge in [-0.3, -0.25) is 4.79 Å². The van der Waals surface area contributed by atoms with Crippen molar-refractivity contribution >= 4 is 23.1 Å². The van der Waals surface area contributed by atoms with Crippen molar-refractivity contribution < 1.29 is 9.18 Å². The SMILES string of the molecule is CCN(C(=O)c1cc(F)ccc1N1CCN(C2CCN(C)CC2)c2ncncc21)C(C)C. The molecule has 1 amide bonds. The van der Waals surface area contributed by atoms with Crippen molar-refractivity contribution in [2.24, 2.45) is 0 Å². The summed E-state index contributed by atoms with van der Waals surface area (Å²) in [4.78, 5) is 30.9. The minimum absolute atomic E-state index is 0.0283. The molecule has 0 radical (unpaired) electrons. The van der Waals surface area contributed by atoms with Gasteiger partial charge in [-0.15, -0.1) is 0 Å². The van der Waals surface area contributed by atoms with Crippen LogP contribution in [0.4, 0.5) is 21.6 Å². The quantitative estimate of drug-likeness (QED) is 0.709. The number of rotatable bonds is 5. The molecule has 0 spiro atoms. The van der Waals surface area contributed by atoms with Gasteiger partial charge in [-0.1, -0.05) is 0 Å². The minimum atomic E-state index is -0.411. The molecule has 0 aliphatic carbocycles. The van der Waals surface area contributed by atoms with Gasteiger partial charge in [0.25, 0.3) is 5.91 Å². The Balaban J connectivity index is 1.71. The number of amides is 1. The Morgan fingerprint density at radius 1 is 1.19 bits per heavy atom. The predicted molar refractivity (Wildman–Crippen MR) is 125 cm³/mol. The maximum atomic E-state index is 14.2. The highest BCUT2D eigenvalue weighted by atomic mass is 19.1. The first-order valence-corrected chi connectivity index (χ1v) is 11.5. The van der Waals surface area contributed by atoms with Gasteiger partial charge in [-0.2, -0.15) is 0 Å². The molecule has 1 aromatic carbocycles. The van der Waals surface area contributed by atoms with Crippen molar-refractivity contribution in [1.29, 1.82) is 0 Å². The van der Waals surface area contributed by atoms with Crippen LogP contribution in [0.1, 0.15) is 44.0 Å². The number of benzene rings is 1. The number of carbonyl (C=O) groups is 1. The van der Waals surface area contributed by atoms with E-state index in [2.05, 4.69) is 31.7 Å². The van der Waals surface area contributed by atoms with Gasteiger partial charge in [0.05, 0.1) is 17.4 Å². The Hall–Kier alpha value is -2.74. The number of carbonyl (C=O) groups excluding carboxylic acids is 1. The number of nitrogens with zero attached hydrogens (tertiary/aromatic N) is 6. The number of aromatic nitrogens is 2. The molecule has 0 atom stereocenters. The molecule has 4 rings (SSSR count). The van der Waals surface area contributed by atoms with Crippen LogP contribution in [0.3, 0.4) is 0 Å². The molecule has 0 saturated carbocycles. The van der Waals surface area contributed by atoms with E-state index in [4.69, 9.17) is 0 Å². The lowest BCUT2D eigenvalue weighted by molar-refractivity contribution is 0.0717. The van der Waals surface area contributed by atoms with Crippen molar-refractivity contribution in [1.82, 2.24) is 19.8 Å². The standard InChI is InChI=1S/C24H33FN6O/c1-5-29(17(2)3)24(32)20-14-18(25)6-7-21(20)31-13-12-30(19-8-10-28(4)11-9-19)23-22(31)15-26-16-27-23/h6-7,14-17,19H,5,8-13H2,1-4H3. The second-order valence-electron chi connectivity index (χ2n) is 8.96. The molecule has 172 valence electrons. The van der Waals surface area contributed by atoms with Crippen LogP contribution in [0.25, 0.3) is 0 Å². The molecule has 1 fully saturated rings. The molecule has 32 heavy (non-hydrogen) atoms. The fourth-order valence-electron chi connectivity index (χ4n) is 4.89. The van der Waals surface area contributed by atoms with Crippen LogP contribution in [-0.2, 0) is 0 Å². The third kappa shape index (κ3) is 4.28. The van der Waals surface area contributed by atoms with E-state index in [1.807, 2.05) is 20.8 Å². The first-order chi connectivity index (χ1) is 15.4. The average molecular weight is 441 g/mol. The van der Waals surface area contributed by atoms with Gasteiger partial charge >= 0.3 is 0 Å². The number of halogens is 1. The Kier molecular flexibility index (Phi) is 6.60. The first-order valence-electron chi connectivity index (χ1n) is 11.5. The lowest BCUT2D eigenvalue weighted by Crippen LogP contribution is -2.49. The van der Waals surface area contributed by atoms with E-state index in [-0.39, 0.29) is 11.9 Å². The highest BCUT2D eigenvalue weighted by Crippen LogP contribution is 2.39. The molecule has 7 nitrogen and oxygen atoms in total. The highest BCUT2D eigenvalue weighted by molar-refractivity contribution is 6.01. The third-order valence-corrected chi connectivity index (χ3v) is 6.63. The van der Waals surface area contributed by atoms with Crippen LogP contribution in [0, 0.1) is 5.82 Å². The van der Waals surface area contributed by atoms with E-state index in [0.29, 0.717) is 30.4 Å². The molecule has 0 bridgehead atoms. The van der Waals surface area contributed by atoms with Crippen LogP contribution in [-0.4, -0.2) is 77.5 Å². The molecular formula is C24H33FN6O. The van der Waals surface area contributed by atoms with Crippen LogP contribution in [0.2, 0.25) is 0 Å². The number of anilines is 3. The van der Waals surface area contributed by atoms with E-state index in [0.717, 1.165) is 44.0 Å². The summed E-state index contributed by atoms with van der Waals surface area (Å²) in [5.41, 5.74) is 1.95. The zero-order chi connectivity index (χ0) is 22.8. The monoisotopic (exact) mass is 440 g/mol. The first kappa shape index (κ1) is 22.5. The second-order valence-corrected chi connectivity index (χ2v) is 8.96. The fraction of sp³-hybridized carbons (Fsp3) is 0.542. The van der Waals surface area contributed by atoms with E-state index in [9.17, 15) is 9.18 Å². The number of hydrogen-bond donors (Lipinski definition) is 0. The third-order valence-electron chi connectivity index (χ3n) is 6.63. The number of likely N-dealkylation sites (tertiary alicyclic amines) is 1. The van der Waals surface area contributed by atoms with Crippen molar-refractivity contribution in [3.63, 3.8) is 0 Å². The van der Waals surface area contributed by atoms with Gasteiger partial charge in [0.15, 0.2) is 5.82 Å². The largest absolute Gasteiger partial charge is 0.350 e. The maximum absolute atomic E-state index is 14.2. The molecule has 1 aromatic heterocycles. The minimum Gasteiger partial charge on any atom is -0.350 e. The van der Waals surface area contributed by atoms with Crippen molar-refractivity contribution in [2.45, 2.75) is 45.7 Å². The smallest absolute Gasteiger partial charge is 0.256 e. The highest BCUT2D eigenvalue weighted by Gasteiger charge is 2.33. The number of piperidine rings is 1. The molecule has 2 aromatic rings. The summed E-state index contributed by atoms with van der Waals surface area (Å²) in [7, 11) is 2.16. The Morgan fingerprint density at radius 2 is 1.94 bits per heavy atom. The fourth-order valence-corrected chi connectivity index (χ4v) is 4.89. The molecule has 0 unspecified atom stereocenters. The van der Waals surface area contributed by atoms with Crippen molar-refractivity contribution in [3.8, 4) is 0 Å². The van der Waals surface area contributed by atoms with Crippen molar-refractivity contribution in [3.05, 3.63) is 42.1 Å². The summed E-state index contributed by atoms with van der Waals surface area (Å²) in [6.07, 6.45) is 5.58. The van der Waals surface area contributed by atoms with Gasteiger partial charge in [-0.05, 0) is 71.9 Å². The molecule has 3 heterocycles. The predicted octanol–water partition coefficient (Wildman–Crippen LogP) is 3.54. The molecular weight excluding hydrogens is 407 g/mol. The van der Waals surface area contributed by atoms with Crippen molar-refractivity contribution in [2.75, 3.05) is 49.6 Å². The van der Waals surface area contributed by atoms with Gasteiger partial charge in [0.2, 0.25) is 0 Å². The normalized spacial score (nSPS) is 17.6. The zero-order valence-corrected chi connectivity index (χ0v) is 19.5. The van der Waals surface area contributed by atoms with Gasteiger partial charge in [0, 0.05) is 31.7 Å². The van der Waals surface area contributed by atoms with Crippen LogP contribution < -0.4 is 9.80 Å². The summed E-state index contributed by atoms with van der Waals surface area (Å²) < 4.78 is 14.2. The number of fused-ring (bicyclic) bond motifs is 1. The summed E-state index contributed by atoms with van der Waals surface area (Å²) in [6.45, 7) is 10.1. The van der Waals surface area contributed by atoms with Crippen LogP contribution >= 0.6 is 0 Å². The van der Waals surface area contributed by atoms with Crippen LogP contribution in [0.15, 0.2) is 30.7 Å². The summed E-state index contributed by atoms with van der Waals surface area (Å²) in [5.74, 6) is 0.319. The number of hydrogen-bond acceptors (Lipinski definition) is 6. The Morgan fingerprint density at radius 3 is 2.62 bits per heavy atom. The zero-order valence-electron chi connectivity index (χ0n) is 19.5. The summed E-state index contributed by atoms with van der Waals surface area (Å²) in [6, 6.07) is 4.95. The average Bonchev–Trinajstić information content (AvgIpc) is 2.79. The van der Waals surface area contributed by atoms with E-state index >= 15 is 0 Å². The molecule has 0 N–H and O–H groups in total. The van der Waals surface area contributed by atoms with E-state index < -0.39 is 5.82 Å². The van der Waals surface area contributed by atoms with Gasteiger partial charge in [-0.25, -0.2) is 14.4 Å². The molecule has 2 aliphatic rings. The molecule has 8 heteroatoms. The second kappa shape index (κ2) is 9.40. The Bertz CT molecular complexity index is 959. The molecule has 2 aliphatic heterocycles.